The van der Waals surface area contributed by atoms with E-state index in [1.54, 1.807) is 6.07 Å². The SMILES string of the molecule is NCc1c(-c2ccccc2)cccc1[N+](=O)[O-]. The predicted octanol–water partition coefficient (Wildman–Crippen LogP) is 2.72. The summed E-state index contributed by atoms with van der Waals surface area (Å²) in [6.45, 7) is 0.154. The molecule has 0 saturated carbocycles. The predicted molar refractivity (Wildman–Crippen MR) is 66.4 cm³/mol. The smallest absolute Gasteiger partial charge is 0.274 e. The molecule has 0 amide bonds. The maximum atomic E-state index is 10.9. The van der Waals surface area contributed by atoms with Gasteiger partial charge in [0.15, 0.2) is 0 Å². The molecule has 0 heterocycles. The highest BCUT2D eigenvalue weighted by molar-refractivity contribution is 5.71. The first kappa shape index (κ1) is 11.3. The molecule has 0 aliphatic rings. The average Bonchev–Trinajstić information content (AvgIpc) is 2.38. The lowest BCUT2D eigenvalue weighted by Crippen LogP contribution is -2.03. The highest BCUT2D eigenvalue weighted by Crippen LogP contribution is 2.29. The number of nitrogens with two attached hydrogens (primary N) is 1. The molecule has 4 nitrogen and oxygen atoms in total. The molecule has 2 N–H and O–H groups in total. The molecular weight excluding hydrogens is 216 g/mol. The summed E-state index contributed by atoms with van der Waals surface area (Å²) in [6.07, 6.45) is 0. The normalized spacial score (nSPS) is 10.2. The third kappa shape index (κ3) is 2.16. The minimum absolute atomic E-state index is 0.0776. The minimum atomic E-state index is -0.394. The van der Waals surface area contributed by atoms with E-state index in [4.69, 9.17) is 5.73 Å². The summed E-state index contributed by atoms with van der Waals surface area (Å²) < 4.78 is 0. The van der Waals surface area contributed by atoms with Crippen LogP contribution in [0.5, 0.6) is 0 Å². The Morgan fingerprint density at radius 3 is 2.35 bits per heavy atom. The van der Waals surface area contributed by atoms with E-state index in [1.165, 1.54) is 6.07 Å². The number of benzene rings is 2. The van der Waals surface area contributed by atoms with Gasteiger partial charge in [0, 0.05) is 12.6 Å². The summed E-state index contributed by atoms with van der Waals surface area (Å²) in [7, 11) is 0. The standard InChI is InChI=1S/C13H12N2O2/c14-9-12-11(10-5-2-1-3-6-10)7-4-8-13(12)15(16)17/h1-8H,9,14H2. The molecule has 0 fully saturated rings. The van der Waals surface area contributed by atoms with Gasteiger partial charge in [0.2, 0.25) is 0 Å². The van der Waals surface area contributed by atoms with Crippen LogP contribution in [0.15, 0.2) is 48.5 Å². The van der Waals surface area contributed by atoms with Crippen molar-refractivity contribution in [2.24, 2.45) is 5.73 Å². The minimum Gasteiger partial charge on any atom is -0.326 e. The first-order valence-corrected chi connectivity index (χ1v) is 5.26. The first-order chi connectivity index (χ1) is 8.24. The summed E-state index contributed by atoms with van der Waals surface area (Å²) in [4.78, 5) is 10.5. The van der Waals surface area contributed by atoms with Crippen LogP contribution in [-0.2, 0) is 6.54 Å². The van der Waals surface area contributed by atoms with Gasteiger partial charge in [-0.1, -0.05) is 42.5 Å². The van der Waals surface area contributed by atoms with E-state index in [-0.39, 0.29) is 12.2 Å². The summed E-state index contributed by atoms with van der Waals surface area (Å²) >= 11 is 0. The second-order valence-electron chi connectivity index (χ2n) is 3.63. The highest BCUT2D eigenvalue weighted by atomic mass is 16.6. The van der Waals surface area contributed by atoms with Crippen molar-refractivity contribution in [1.29, 1.82) is 0 Å². The molecule has 2 rings (SSSR count). The molecule has 0 spiro atoms. The van der Waals surface area contributed by atoms with E-state index in [0.29, 0.717) is 5.56 Å². The Morgan fingerprint density at radius 2 is 1.76 bits per heavy atom. The zero-order valence-electron chi connectivity index (χ0n) is 9.17. The van der Waals surface area contributed by atoms with Crippen molar-refractivity contribution >= 4 is 5.69 Å². The van der Waals surface area contributed by atoms with Gasteiger partial charge in [-0.25, -0.2) is 0 Å². The van der Waals surface area contributed by atoms with Gasteiger partial charge in [-0.2, -0.15) is 0 Å². The number of nitro benzene ring substituents is 1. The highest BCUT2D eigenvalue weighted by Gasteiger charge is 2.16. The zero-order valence-corrected chi connectivity index (χ0v) is 9.17. The lowest BCUT2D eigenvalue weighted by atomic mass is 9.98. The molecule has 2 aromatic carbocycles. The van der Waals surface area contributed by atoms with Crippen molar-refractivity contribution in [3.05, 3.63) is 64.2 Å². The van der Waals surface area contributed by atoms with Gasteiger partial charge >= 0.3 is 0 Å². The summed E-state index contributed by atoms with van der Waals surface area (Å²) in [5.74, 6) is 0. The monoisotopic (exact) mass is 228 g/mol. The number of nitro groups is 1. The van der Waals surface area contributed by atoms with E-state index in [2.05, 4.69) is 0 Å². The third-order valence-electron chi connectivity index (χ3n) is 2.64. The Bertz CT molecular complexity index is 538. The Labute approximate surface area is 98.8 Å². The molecule has 0 unspecified atom stereocenters. The van der Waals surface area contributed by atoms with Crippen molar-refractivity contribution in [3.63, 3.8) is 0 Å². The first-order valence-electron chi connectivity index (χ1n) is 5.26. The van der Waals surface area contributed by atoms with Crippen molar-refractivity contribution in [2.45, 2.75) is 6.54 Å². The van der Waals surface area contributed by atoms with Gasteiger partial charge in [0.1, 0.15) is 0 Å². The van der Waals surface area contributed by atoms with E-state index in [1.807, 2.05) is 36.4 Å². The van der Waals surface area contributed by atoms with Crippen LogP contribution in [0.25, 0.3) is 11.1 Å². The molecule has 0 atom stereocenters. The van der Waals surface area contributed by atoms with E-state index < -0.39 is 4.92 Å². The summed E-state index contributed by atoms with van der Waals surface area (Å²) in [5.41, 5.74) is 8.04. The second-order valence-corrected chi connectivity index (χ2v) is 3.63. The maximum absolute atomic E-state index is 10.9. The van der Waals surface area contributed by atoms with Crippen LogP contribution >= 0.6 is 0 Å². The van der Waals surface area contributed by atoms with Crippen LogP contribution in [0.4, 0.5) is 5.69 Å². The van der Waals surface area contributed by atoms with Crippen LogP contribution in [0.2, 0.25) is 0 Å². The van der Waals surface area contributed by atoms with Crippen molar-refractivity contribution < 1.29 is 4.92 Å². The van der Waals surface area contributed by atoms with Gasteiger partial charge in [0.25, 0.3) is 5.69 Å². The van der Waals surface area contributed by atoms with Gasteiger partial charge < -0.3 is 5.73 Å². The molecular formula is C13H12N2O2. The molecule has 4 heteroatoms. The fraction of sp³-hybridized carbons (Fsp3) is 0.0769. The number of rotatable bonds is 3. The maximum Gasteiger partial charge on any atom is 0.274 e. The Balaban J connectivity index is 2.63. The molecule has 0 aromatic heterocycles. The summed E-state index contributed by atoms with van der Waals surface area (Å²) in [6, 6.07) is 14.5. The molecule has 0 aliphatic heterocycles. The van der Waals surface area contributed by atoms with E-state index in [0.717, 1.165) is 11.1 Å². The van der Waals surface area contributed by atoms with Crippen molar-refractivity contribution in [2.75, 3.05) is 0 Å². The van der Waals surface area contributed by atoms with Crippen LogP contribution in [0.1, 0.15) is 5.56 Å². The Morgan fingerprint density at radius 1 is 1.06 bits per heavy atom. The van der Waals surface area contributed by atoms with Crippen LogP contribution in [0.3, 0.4) is 0 Å². The van der Waals surface area contributed by atoms with Gasteiger partial charge in [-0.3, -0.25) is 10.1 Å². The molecule has 86 valence electrons. The lowest BCUT2D eigenvalue weighted by molar-refractivity contribution is -0.385. The van der Waals surface area contributed by atoms with E-state index >= 15 is 0 Å². The summed E-state index contributed by atoms with van der Waals surface area (Å²) in [5, 5.41) is 10.9. The lowest BCUT2D eigenvalue weighted by Gasteiger charge is -2.08. The molecule has 0 radical (unpaired) electrons. The van der Waals surface area contributed by atoms with Crippen molar-refractivity contribution in [1.82, 2.24) is 0 Å². The molecule has 0 aliphatic carbocycles. The van der Waals surface area contributed by atoms with Crippen LogP contribution in [-0.4, -0.2) is 4.92 Å². The largest absolute Gasteiger partial charge is 0.326 e. The fourth-order valence-corrected chi connectivity index (χ4v) is 1.85. The van der Waals surface area contributed by atoms with Gasteiger partial charge in [-0.15, -0.1) is 0 Å². The topological polar surface area (TPSA) is 69.2 Å². The third-order valence-corrected chi connectivity index (χ3v) is 2.64. The quantitative estimate of drug-likeness (QED) is 0.648. The number of hydrogen-bond acceptors (Lipinski definition) is 3. The Kier molecular flexibility index (Phi) is 3.16. The van der Waals surface area contributed by atoms with Crippen molar-refractivity contribution in [3.8, 4) is 11.1 Å². The van der Waals surface area contributed by atoms with Gasteiger partial charge in [0.05, 0.1) is 10.5 Å². The molecule has 17 heavy (non-hydrogen) atoms. The number of hydrogen-bond donors (Lipinski definition) is 1. The van der Waals surface area contributed by atoms with Crippen LogP contribution < -0.4 is 5.73 Å². The fourth-order valence-electron chi connectivity index (χ4n) is 1.85. The van der Waals surface area contributed by atoms with E-state index in [9.17, 15) is 10.1 Å². The molecule has 2 aromatic rings. The second kappa shape index (κ2) is 4.76. The zero-order chi connectivity index (χ0) is 12.3. The number of nitrogens with zero attached hydrogens (tertiary/aromatic N) is 1. The molecule has 0 saturated heterocycles. The van der Waals surface area contributed by atoms with Crippen LogP contribution in [0, 0.1) is 10.1 Å². The average molecular weight is 228 g/mol. The van der Waals surface area contributed by atoms with Gasteiger partial charge in [-0.05, 0) is 11.1 Å². The Hall–Kier alpha value is -2.20. The molecule has 0 bridgehead atoms.